The van der Waals surface area contributed by atoms with Crippen molar-refractivity contribution in [2.45, 2.75) is 0 Å². The molecule has 0 aliphatic carbocycles. The molecule has 178 valence electrons. The van der Waals surface area contributed by atoms with Crippen LogP contribution >= 0.6 is 0 Å². The van der Waals surface area contributed by atoms with Crippen molar-refractivity contribution < 1.29 is 0 Å². The van der Waals surface area contributed by atoms with E-state index in [1.54, 1.807) is 24.8 Å². The van der Waals surface area contributed by atoms with Gasteiger partial charge in [0.2, 0.25) is 0 Å². The molecular weight excluding hydrogens is 464 g/mol. The molecule has 0 fully saturated rings. The molecule has 0 bridgehead atoms. The largest absolute Gasteiger partial charge is 0.265 e. The van der Waals surface area contributed by atoms with E-state index in [0.717, 1.165) is 55.5 Å². The Hall–Kier alpha value is -5.22. The molecule has 0 aliphatic rings. The van der Waals surface area contributed by atoms with Crippen molar-refractivity contribution in [2.75, 3.05) is 0 Å². The lowest BCUT2D eigenvalue weighted by Crippen LogP contribution is -1.92. The lowest BCUT2D eigenvalue weighted by atomic mass is 9.93. The predicted molar refractivity (Wildman–Crippen MR) is 154 cm³/mol. The second kappa shape index (κ2) is 9.34. The second-order valence-corrected chi connectivity index (χ2v) is 9.22. The molecule has 0 saturated carbocycles. The van der Waals surface area contributed by atoms with Gasteiger partial charge in [-0.3, -0.25) is 15.0 Å². The van der Waals surface area contributed by atoms with Crippen molar-refractivity contribution in [1.82, 2.24) is 19.9 Å². The minimum absolute atomic E-state index is 0.907. The van der Waals surface area contributed by atoms with Crippen LogP contribution in [0.5, 0.6) is 0 Å². The zero-order valence-corrected chi connectivity index (χ0v) is 20.5. The molecule has 0 aliphatic heterocycles. The van der Waals surface area contributed by atoms with Crippen LogP contribution in [-0.4, -0.2) is 19.9 Å². The molecule has 0 saturated heterocycles. The maximum absolute atomic E-state index is 4.99. The van der Waals surface area contributed by atoms with Gasteiger partial charge in [-0.05, 0) is 76.2 Å². The summed E-state index contributed by atoms with van der Waals surface area (Å²) in [5.74, 6) is 0. The van der Waals surface area contributed by atoms with Gasteiger partial charge in [-0.15, -0.1) is 0 Å². The molecule has 0 radical (unpaired) electrons. The monoisotopic (exact) mass is 486 g/mol. The summed E-state index contributed by atoms with van der Waals surface area (Å²) >= 11 is 0. The highest BCUT2D eigenvalue weighted by atomic mass is 14.7. The minimum Gasteiger partial charge on any atom is -0.265 e. The van der Waals surface area contributed by atoms with Gasteiger partial charge in [0.05, 0.1) is 16.9 Å². The number of nitrogens with zero attached hydrogens (tertiary/aromatic N) is 4. The van der Waals surface area contributed by atoms with Crippen molar-refractivity contribution in [3.63, 3.8) is 0 Å². The molecule has 0 amide bonds. The van der Waals surface area contributed by atoms with Gasteiger partial charge < -0.3 is 0 Å². The third-order valence-corrected chi connectivity index (χ3v) is 6.91. The van der Waals surface area contributed by atoms with Crippen LogP contribution in [0.25, 0.3) is 66.4 Å². The maximum Gasteiger partial charge on any atom is 0.0780 e. The van der Waals surface area contributed by atoms with Gasteiger partial charge in [-0.2, -0.15) is 0 Å². The number of pyridine rings is 4. The molecular formula is C34H22N4. The van der Waals surface area contributed by atoms with E-state index in [-0.39, 0.29) is 0 Å². The first-order chi connectivity index (χ1) is 18.8. The molecule has 4 nitrogen and oxygen atoms in total. The minimum atomic E-state index is 0.907. The topological polar surface area (TPSA) is 51.6 Å². The van der Waals surface area contributed by atoms with Crippen molar-refractivity contribution in [3.05, 3.63) is 134 Å². The summed E-state index contributed by atoms with van der Waals surface area (Å²) in [6, 6.07) is 35.9. The van der Waals surface area contributed by atoms with E-state index in [1.807, 2.05) is 36.5 Å². The van der Waals surface area contributed by atoms with Crippen molar-refractivity contribution in [3.8, 4) is 44.8 Å². The van der Waals surface area contributed by atoms with E-state index in [9.17, 15) is 0 Å². The molecule has 3 aromatic carbocycles. The molecule has 0 spiro atoms. The molecule has 7 aromatic rings. The third-order valence-electron chi connectivity index (χ3n) is 6.91. The normalized spacial score (nSPS) is 11.2. The Bertz CT molecular complexity index is 1860. The van der Waals surface area contributed by atoms with Gasteiger partial charge >= 0.3 is 0 Å². The number of rotatable bonds is 4. The van der Waals surface area contributed by atoms with E-state index < -0.39 is 0 Å². The number of fused-ring (bicyclic) bond motifs is 3. The Balaban J connectivity index is 1.40. The fraction of sp³-hybridized carbons (Fsp3) is 0. The number of hydrogen-bond acceptors (Lipinski definition) is 4. The molecule has 0 unspecified atom stereocenters. The molecule has 4 heteroatoms. The standard InChI is InChI=1S/C34H22N4/c1-4-26(20-27(5-1)29-7-2-8-31-30(29)10-9-25-6-3-15-37-34(25)31)28-21-32(23-11-16-35-17-12-23)38-33(22-28)24-13-18-36-19-14-24/h1-22H. The summed E-state index contributed by atoms with van der Waals surface area (Å²) in [5, 5.41) is 3.50. The zero-order valence-electron chi connectivity index (χ0n) is 20.5. The highest BCUT2D eigenvalue weighted by Crippen LogP contribution is 2.35. The first-order valence-electron chi connectivity index (χ1n) is 12.5. The first-order valence-corrected chi connectivity index (χ1v) is 12.5. The van der Waals surface area contributed by atoms with Crippen molar-refractivity contribution in [1.29, 1.82) is 0 Å². The van der Waals surface area contributed by atoms with E-state index in [4.69, 9.17) is 4.98 Å². The van der Waals surface area contributed by atoms with Crippen molar-refractivity contribution >= 4 is 21.7 Å². The van der Waals surface area contributed by atoms with Gasteiger partial charge in [0.15, 0.2) is 0 Å². The SMILES string of the molecule is c1cc(-c2cc(-c3ccncc3)nc(-c3ccncc3)c2)cc(-c2cccc3c2ccc2cccnc23)c1. The molecule has 38 heavy (non-hydrogen) atoms. The van der Waals surface area contributed by atoms with Crippen LogP contribution < -0.4 is 0 Å². The van der Waals surface area contributed by atoms with E-state index in [0.29, 0.717) is 0 Å². The second-order valence-electron chi connectivity index (χ2n) is 9.22. The predicted octanol–water partition coefficient (Wildman–Crippen LogP) is 8.24. The van der Waals surface area contributed by atoms with Crippen LogP contribution in [-0.2, 0) is 0 Å². The summed E-state index contributed by atoms with van der Waals surface area (Å²) in [6.45, 7) is 0. The van der Waals surface area contributed by atoms with Gasteiger partial charge in [-0.25, -0.2) is 4.98 Å². The van der Waals surface area contributed by atoms with E-state index >= 15 is 0 Å². The Morgan fingerprint density at radius 2 is 1.11 bits per heavy atom. The van der Waals surface area contributed by atoms with Crippen LogP contribution in [0.2, 0.25) is 0 Å². The summed E-state index contributed by atoms with van der Waals surface area (Å²) in [4.78, 5) is 18.0. The van der Waals surface area contributed by atoms with E-state index in [1.165, 1.54) is 10.9 Å². The Labute approximate surface area is 220 Å². The fourth-order valence-corrected chi connectivity index (χ4v) is 5.06. The molecule has 7 rings (SSSR count). The van der Waals surface area contributed by atoms with Gasteiger partial charge in [0.1, 0.15) is 0 Å². The smallest absolute Gasteiger partial charge is 0.0780 e. The van der Waals surface area contributed by atoms with Crippen molar-refractivity contribution in [2.24, 2.45) is 0 Å². The average Bonchev–Trinajstić information content (AvgIpc) is 3.01. The molecule has 4 aromatic heterocycles. The summed E-state index contributed by atoms with van der Waals surface area (Å²) in [6.07, 6.45) is 9.06. The summed E-state index contributed by atoms with van der Waals surface area (Å²) in [5.41, 5.74) is 9.49. The Kier molecular flexibility index (Phi) is 5.41. The lowest BCUT2D eigenvalue weighted by molar-refractivity contribution is 1.27. The van der Waals surface area contributed by atoms with E-state index in [2.05, 4.69) is 87.7 Å². The number of aromatic nitrogens is 4. The Morgan fingerprint density at radius 1 is 0.421 bits per heavy atom. The van der Waals surface area contributed by atoms with Crippen LogP contribution in [0, 0.1) is 0 Å². The highest BCUT2D eigenvalue weighted by Gasteiger charge is 2.12. The fourth-order valence-electron chi connectivity index (χ4n) is 5.06. The maximum atomic E-state index is 4.99. The van der Waals surface area contributed by atoms with Gasteiger partial charge in [0.25, 0.3) is 0 Å². The van der Waals surface area contributed by atoms with Crippen LogP contribution in [0.3, 0.4) is 0 Å². The highest BCUT2D eigenvalue weighted by molar-refractivity contribution is 6.10. The summed E-state index contributed by atoms with van der Waals surface area (Å²) in [7, 11) is 0. The van der Waals surface area contributed by atoms with Crippen LogP contribution in [0.1, 0.15) is 0 Å². The van der Waals surface area contributed by atoms with Gasteiger partial charge in [-0.1, -0.05) is 54.6 Å². The molecule has 0 atom stereocenters. The van der Waals surface area contributed by atoms with Gasteiger partial charge in [0, 0.05) is 52.9 Å². The molecule has 4 heterocycles. The summed E-state index contributed by atoms with van der Waals surface area (Å²) < 4.78 is 0. The first kappa shape index (κ1) is 22.0. The quantitative estimate of drug-likeness (QED) is 0.235. The third kappa shape index (κ3) is 3.98. The van der Waals surface area contributed by atoms with Crippen LogP contribution in [0.4, 0.5) is 0 Å². The average molecular weight is 487 g/mol. The Morgan fingerprint density at radius 3 is 1.84 bits per heavy atom. The number of benzene rings is 3. The zero-order chi connectivity index (χ0) is 25.3. The lowest BCUT2D eigenvalue weighted by Gasteiger charge is -2.13. The number of hydrogen-bond donors (Lipinski definition) is 0. The molecule has 0 N–H and O–H groups in total. The van der Waals surface area contributed by atoms with Crippen LogP contribution in [0.15, 0.2) is 134 Å².